The van der Waals surface area contributed by atoms with Gasteiger partial charge in [-0.15, -0.1) is 0 Å². The molecular formula is C18H23N3O. The van der Waals surface area contributed by atoms with E-state index in [4.69, 9.17) is 0 Å². The number of fused-ring (bicyclic) bond motifs is 2. The molecule has 1 amide bonds. The Hall–Kier alpha value is -1.81. The second-order valence-corrected chi connectivity index (χ2v) is 6.63. The van der Waals surface area contributed by atoms with Crippen LogP contribution in [-0.2, 0) is 11.2 Å². The van der Waals surface area contributed by atoms with Gasteiger partial charge in [0, 0.05) is 42.1 Å². The number of aromatic amines is 1. The summed E-state index contributed by atoms with van der Waals surface area (Å²) < 4.78 is 0. The molecule has 1 unspecified atom stereocenters. The summed E-state index contributed by atoms with van der Waals surface area (Å²) in [5, 5.41) is 8.07. The number of carbonyl (C=O) groups excluding carboxylic acids is 1. The first kappa shape index (κ1) is 13.8. The molecule has 1 aliphatic carbocycles. The first-order valence-corrected chi connectivity index (χ1v) is 8.38. The minimum absolute atomic E-state index is 0.0866. The molecule has 1 saturated heterocycles. The van der Waals surface area contributed by atoms with Crippen LogP contribution in [0.1, 0.15) is 36.8 Å². The Balaban J connectivity index is 1.63. The molecule has 0 spiro atoms. The standard InChI is InChI=1S/C18H23N3O/c1-2-6-19-18(22)12-7-14-13-4-3-5-15-17(13)11(9-20-15)8-16(14)21-10-12/h3-5,9,12,14,16,20-21H,2,6-8,10H2,1H3,(H,19,22)/t12?,14-,16-/m1/s1. The van der Waals surface area contributed by atoms with Crippen LogP contribution in [0.5, 0.6) is 0 Å². The summed E-state index contributed by atoms with van der Waals surface area (Å²) in [4.78, 5) is 15.7. The molecule has 3 atom stereocenters. The van der Waals surface area contributed by atoms with E-state index < -0.39 is 0 Å². The normalized spacial score (nSPS) is 26.7. The molecule has 4 nitrogen and oxygen atoms in total. The topological polar surface area (TPSA) is 56.9 Å². The van der Waals surface area contributed by atoms with E-state index >= 15 is 0 Å². The lowest BCUT2D eigenvalue weighted by Gasteiger charge is -2.39. The Morgan fingerprint density at radius 2 is 2.32 bits per heavy atom. The largest absolute Gasteiger partial charge is 0.361 e. The van der Waals surface area contributed by atoms with Crippen LogP contribution in [0.15, 0.2) is 24.4 Å². The minimum atomic E-state index is 0.0866. The first-order chi connectivity index (χ1) is 10.8. The molecule has 0 saturated carbocycles. The molecular weight excluding hydrogens is 274 g/mol. The van der Waals surface area contributed by atoms with Gasteiger partial charge in [0.2, 0.25) is 5.91 Å². The Labute approximate surface area is 130 Å². The van der Waals surface area contributed by atoms with Gasteiger partial charge in [-0.3, -0.25) is 4.79 Å². The lowest BCUT2D eigenvalue weighted by molar-refractivity contribution is -0.125. The van der Waals surface area contributed by atoms with Crippen molar-refractivity contribution < 1.29 is 4.79 Å². The first-order valence-electron chi connectivity index (χ1n) is 8.38. The van der Waals surface area contributed by atoms with Crippen LogP contribution in [0, 0.1) is 5.92 Å². The molecule has 1 aliphatic heterocycles. The highest BCUT2D eigenvalue weighted by atomic mass is 16.1. The van der Waals surface area contributed by atoms with E-state index in [2.05, 4.69) is 46.9 Å². The van der Waals surface area contributed by atoms with Crippen molar-refractivity contribution in [3.05, 3.63) is 35.5 Å². The van der Waals surface area contributed by atoms with Crippen molar-refractivity contribution in [1.29, 1.82) is 0 Å². The fraction of sp³-hybridized carbons (Fsp3) is 0.500. The zero-order chi connectivity index (χ0) is 15.1. The second-order valence-electron chi connectivity index (χ2n) is 6.63. The van der Waals surface area contributed by atoms with Gasteiger partial charge in [-0.05, 0) is 36.5 Å². The summed E-state index contributed by atoms with van der Waals surface area (Å²) in [6, 6.07) is 6.97. The molecule has 4 heteroatoms. The summed E-state index contributed by atoms with van der Waals surface area (Å²) in [5.74, 6) is 0.738. The Morgan fingerprint density at radius 1 is 1.41 bits per heavy atom. The molecule has 3 N–H and O–H groups in total. The molecule has 2 aromatic rings. The highest BCUT2D eigenvalue weighted by Gasteiger charge is 2.38. The maximum Gasteiger partial charge on any atom is 0.224 e. The summed E-state index contributed by atoms with van der Waals surface area (Å²) in [6.45, 7) is 3.66. The third-order valence-corrected chi connectivity index (χ3v) is 5.23. The van der Waals surface area contributed by atoms with Crippen molar-refractivity contribution in [1.82, 2.24) is 15.6 Å². The van der Waals surface area contributed by atoms with Gasteiger partial charge in [0.05, 0.1) is 5.92 Å². The number of carbonyl (C=O) groups is 1. The summed E-state index contributed by atoms with van der Waals surface area (Å²) in [7, 11) is 0. The Morgan fingerprint density at radius 3 is 3.18 bits per heavy atom. The lowest BCUT2D eigenvalue weighted by atomic mass is 9.73. The number of hydrogen-bond acceptors (Lipinski definition) is 2. The van der Waals surface area contributed by atoms with E-state index in [-0.39, 0.29) is 11.8 Å². The average Bonchev–Trinajstić information content (AvgIpc) is 2.97. The van der Waals surface area contributed by atoms with E-state index in [9.17, 15) is 4.79 Å². The van der Waals surface area contributed by atoms with Crippen molar-refractivity contribution in [2.75, 3.05) is 13.1 Å². The maximum atomic E-state index is 12.3. The third kappa shape index (κ3) is 2.13. The number of piperidine rings is 1. The number of rotatable bonds is 3. The van der Waals surface area contributed by atoms with Gasteiger partial charge < -0.3 is 15.6 Å². The maximum absolute atomic E-state index is 12.3. The lowest BCUT2D eigenvalue weighted by Crippen LogP contribution is -2.50. The SMILES string of the molecule is CCCNC(=O)C1CN[C@@H]2Cc3c[nH]c4cccc(c34)[C@H]2C1. The highest BCUT2D eigenvalue weighted by Crippen LogP contribution is 2.41. The molecule has 0 radical (unpaired) electrons. The molecule has 116 valence electrons. The summed E-state index contributed by atoms with van der Waals surface area (Å²) >= 11 is 0. The molecule has 1 fully saturated rings. The molecule has 0 bridgehead atoms. The average molecular weight is 297 g/mol. The number of hydrogen-bond donors (Lipinski definition) is 3. The van der Waals surface area contributed by atoms with E-state index in [0.717, 1.165) is 32.4 Å². The van der Waals surface area contributed by atoms with Crippen molar-refractivity contribution in [3.8, 4) is 0 Å². The summed E-state index contributed by atoms with van der Waals surface area (Å²) in [6.07, 6.45) is 5.15. The van der Waals surface area contributed by atoms with Crippen LogP contribution in [0.2, 0.25) is 0 Å². The highest BCUT2D eigenvalue weighted by molar-refractivity contribution is 5.88. The Kier molecular flexibility index (Phi) is 3.41. The van der Waals surface area contributed by atoms with Crippen LogP contribution >= 0.6 is 0 Å². The van der Waals surface area contributed by atoms with Crippen LogP contribution in [0.4, 0.5) is 0 Å². The zero-order valence-corrected chi connectivity index (χ0v) is 13.0. The second kappa shape index (κ2) is 5.43. The van der Waals surface area contributed by atoms with Crippen LogP contribution in [0.3, 0.4) is 0 Å². The van der Waals surface area contributed by atoms with Gasteiger partial charge in [0.25, 0.3) is 0 Å². The van der Waals surface area contributed by atoms with Crippen LogP contribution in [0.25, 0.3) is 10.9 Å². The molecule has 4 rings (SSSR count). The van der Waals surface area contributed by atoms with E-state index in [1.165, 1.54) is 22.0 Å². The smallest absolute Gasteiger partial charge is 0.224 e. The number of nitrogens with one attached hydrogen (secondary N) is 3. The van der Waals surface area contributed by atoms with Crippen molar-refractivity contribution in [2.45, 2.75) is 38.1 Å². The van der Waals surface area contributed by atoms with Gasteiger partial charge in [0.1, 0.15) is 0 Å². The Bertz CT molecular complexity index is 705. The molecule has 1 aromatic carbocycles. The van der Waals surface area contributed by atoms with Gasteiger partial charge in [-0.1, -0.05) is 19.1 Å². The number of amides is 1. The van der Waals surface area contributed by atoms with Crippen LogP contribution in [-0.4, -0.2) is 30.0 Å². The number of aromatic nitrogens is 1. The molecule has 22 heavy (non-hydrogen) atoms. The third-order valence-electron chi connectivity index (χ3n) is 5.23. The predicted octanol–water partition coefficient (Wildman–Crippen LogP) is 2.31. The van der Waals surface area contributed by atoms with Gasteiger partial charge >= 0.3 is 0 Å². The number of benzene rings is 1. The van der Waals surface area contributed by atoms with Crippen molar-refractivity contribution >= 4 is 16.8 Å². The zero-order valence-electron chi connectivity index (χ0n) is 13.0. The predicted molar refractivity (Wildman–Crippen MR) is 87.9 cm³/mol. The fourth-order valence-corrected chi connectivity index (χ4v) is 4.13. The van der Waals surface area contributed by atoms with Crippen molar-refractivity contribution in [3.63, 3.8) is 0 Å². The van der Waals surface area contributed by atoms with Gasteiger partial charge in [-0.2, -0.15) is 0 Å². The van der Waals surface area contributed by atoms with Crippen molar-refractivity contribution in [2.24, 2.45) is 5.92 Å². The van der Waals surface area contributed by atoms with E-state index in [0.29, 0.717) is 12.0 Å². The minimum Gasteiger partial charge on any atom is -0.361 e. The van der Waals surface area contributed by atoms with Gasteiger partial charge in [0.15, 0.2) is 0 Å². The van der Waals surface area contributed by atoms with Crippen LogP contribution < -0.4 is 10.6 Å². The molecule has 1 aromatic heterocycles. The van der Waals surface area contributed by atoms with E-state index in [1.54, 1.807) is 0 Å². The summed E-state index contributed by atoms with van der Waals surface area (Å²) in [5.41, 5.74) is 4.04. The molecule has 2 aliphatic rings. The fourth-order valence-electron chi connectivity index (χ4n) is 4.13. The van der Waals surface area contributed by atoms with Gasteiger partial charge in [-0.25, -0.2) is 0 Å². The molecule has 2 heterocycles. The monoisotopic (exact) mass is 297 g/mol. The quantitative estimate of drug-likeness (QED) is 0.814. The number of H-pyrrole nitrogens is 1. The van der Waals surface area contributed by atoms with E-state index in [1.807, 2.05) is 0 Å².